The first-order chi connectivity index (χ1) is 21.6. The van der Waals surface area contributed by atoms with Crippen molar-refractivity contribution in [3.05, 3.63) is 95.4 Å². The quantitative estimate of drug-likeness (QED) is 0.264. The van der Waals surface area contributed by atoms with Crippen molar-refractivity contribution in [3.8, 4) is 0 Å². The van der Waals surface area contributed by atoms with Crippen LogP contribution in [0, 0.1) is 17.8 Å². The predicted molar refractivity (Wildman–Crippen MR) is 180 cm³/mol. The summed E-state index contributed by atoms with van der Waals surface area (Å²) in [5, 5.41) is 0. The molecule has 2 atom stereocenters. The standard InChI is InChI=1S/C39H50N3O2/c1-3-35-30(2)14-13-21-36(39(38(35)43)44-27-22-31-15-7-4-8-16-31)41-25-23-40(24-26-41)28-33-29-42(34-19-11-6-12-20-34)37(33)32-17-9-5-10-18-32/h5-6,9-13,17-21,29-31,35H,3-4,7-8,14-16,22-28H2,1-2H3/q+1/b21-13+,39-36-/t30?,35-/m0/s1. The fourth-order valence-electron chi connectivity index (χ4n) is 7.56. The molecule has 2 aliphatic carbocycles. The maximum Gasteiger partial charge on any atom is 0.228 e. The van der Waals surface area contributed by atoms with Crippen molar-refractivity contribution in [1.82, 2.24) is 9.80 Å². The van der Waals surface area contributed by atoms with Gasteiger partial charge in [-0.2, -0.15) is 4.58 Å². The van der Waals surface area contributed by atoms with Gasteiger partial charge < -0.3 is 9.64 Å². The van der Waals surface area contributed by atoms with E-state index in [9.17, 15) is 4.79 Å². The normalized spacial score (nSPS) is 26.1. The molecule has 5 heteroatoms. The minimum Gasteiger partial charge on any atom is -0.488 e. The third-order valence-corrected chi connectivity index (χ3v) is 10.2. The van der Waals surface area contributed by atoms with Crippen molar-refractivity contribution in [2.24, 2.45) is 17.8 Å². The fourth-order valence-corrected chi connectivity index (χ4v) is 7.56. The molecule has 0 N–H and O–H groups in total. The topological polar surface area (TPSA) is 35.8 Å². The summed E-state index contributed by atoms with van der Waals surface area (Å²) in [6.07, 6.45) is 16.3. The first-order valence-corrected chi connectivity index (χ1v) is 17.1. The lowest BCUT2D eigenvalue weighted by Gasteiger charge is -2.38. The highest BCUT2D eigenvalue weighted by atomic mass is 16.5. The van der Waals surface area contributed by atoms with Gasteiger partial charge in [-0.15, -0.1) is 0 Å². The Balaban J connectivity index is 1.16. The van der Waals surface area contributed by atoms with Crippen LogP contribution in [0.2, 0.25) is 0 Å². The number of piperazine rings is 1. The SMILES string of the molecule is CC[C@@H]1C(=O)/C(OCCC2CCCCC2)=C(N2CCN(CC3=C(c4ccccc4)[N+](c4ccccc4)=C3)CC2)\C=C\CC1C. The van der Waals surface area contributed by atoms with Crippen molar-refractivity contribution in [3.63, 3.8) is 0 Å². The summed E-state index contributed by atoms with van der Waals surface area (Å²) in [6, 6.07) is 21.4. The Hall–Kier alpha value is -3.44. The number of ketones is 1. The van der Waals surface area contributed by atoms with Crippen LogP contribution in [0.3, 0.4) is 0 Å². The largest absolute Gasteiger partial charge is 0.488 e. The molecule has 2 fully saturated rings. The molecule has 1 unspecified atom stereocenters. The molecule has 2 aromatic carbocycles. The zero-order valence-electron chi connectivity index (χ0n) is 26.8. The number of carbonyl (C=O) groups excluding carboxylic acids is 1. The molecular weight excluding hydrogens is 542 g/mol. The lowest BCUT2D eigenvalue weighted by molar-refractivity contribution is -0.338. The Kier molecular flexibility index (Phi) is 10.1. The van der Waals surface area contributed by atoms with Crippen molar-refractivity contribution in [2.45, 2.75) is 65.2 Å². The second kappa shape index (κ2) is 14.6. The lowest BCUT2D eigenvalue weighted by atomic mass is 9.83. The zero-order valence-corrected chi connectivity index (χ0v) is 26.8. The molecule has 0 amide bonds. The minimum absolute atomic E-state index is 0.0194. The number of hydrogen-bond acceptors (Lipinski definition) is 4. The van der Waals surface area contributed by atoms with E-state index in [0.717, 1.165) is 63.6 Å². The van der Waals surface area contributed by atoms with Gasteiger partial charge in [-0.05, 0) is 49.3 Å². The average molecular weight is 593 g/mol. The molecule has 2 aromatic rings. The second-order valence-electron chi connectivity index (χ2n) is 13.2. The smallest absolute Gasteiger partial charge is 0.228 e. The summed E-state index contributed by atoms with van der Waals surface area (Å²) in [5.74, 6) is 1.94. The number of hydrogen-bond donors (Lipinski definition) is 0. The Bertz CT molecular complexity index is 1390. The summed E-state index contributed by atoms with van der Waals surface area (Å²) in [5.41, 5.74) is 6.14. The molecule has 0 spiro atoms. The molecule has 0 radical (unpaired) electrons. The van der Waals surface area contributed by atoms with E-state index < -0.39 is 0 Å². The summed E-state index contributed by atoms with van der Waals surface area (Å²) in [7, 11) is 0. The van der Waals surface area contributed by atoms with Crippen molar-refractivity contribution in [1.29, 1.82) is 0 Å². The number of nitrogens with zero attached hydrogens (tertiary/aromatic N) is 3. The Morgan fingerprint density at radius 1 is 0.909 bits per heavy atom. The molecule has 4 aliphatic rings. The monoisotopic (exact) mass is 592 g/mol. The van der Waals surface area contributed by atoms with Crippen LogP contribution in [-0.2, 0) is 9.53 Å². The van der Waals surface area contributed by atoms with E-state index in [0.29, 0.717) is 18.3 Å². The molecule has 1 saturated heterocycles. The van der Waals surface area contributed by atoms with Gasteiger partial charge in [0.1, 0.15) is 5.57 Å². The van der Waals surface area contributed by atoms with Gasteiger partial charge in [0, 0.05) is 56.3 Å². The van der Waals surface area contributed by atoms with Gasteiger partial charge in [-0.3, -0.25) is 9.69 Å². The third-order valence-electron chi connectivity index (χ3n) is 10.2. The van der Waals surface area contributed by atoms with Gasteiger partial charge >= 0.3 is 0 Å². The molecule has 6 rings (SSSR count). The van der Waals surface area contributed by atoms with E-state index in [-0.39, 0.29) is 11.7 Å². The Morgan fingerprint density at radius 3 is 2.32 bits per heavy atom. The number of ether oxygens (including phenoxy) is 1. The lowest BCUT2D eigenvalue weighted by Crippen LogP contribution is -2.47. The molecule has 0 aromatic heterocycles. The number of benzene rings is 2. The van der Waals surface area contributed by atoms with E-state index in [1.54, 1.807) is 0 Å². The number of rotatable bonds is 10. The Labute approximate surface area is 264 Å². The van der Waals surface area contributed by atoms with E-state index in [1.807, 2.05) is 0 Å². The van der Waals surface area contributed by atoms with Gasteiger partial charge in [0.2, 0.25) is 17.2 Å². The second-order valence-corrected chi connectivity index (χ2v) is 13.2. The van der Waals surface area contributed by atoms with E-state index in [2.05, 4.69) is 107 Å². The van der Waals surface area contributed by atoms with Gasteiger partial charge in [-0.25, -0.2) is 0 Å². The number of carbonyl (C=O) groups is 1. The van der Waals surface area contributed by atoms with Gasteiger partial charge in [0.25, 0.3) is 0 Å². The van der Waals surface area contributed by atoms with Gasteiger partial charge in [0.05, 0.1) is 12.3 Å². The molecule has 2 heterocycles. The van der Waals surface area contributed by atoms with E-state index in [1.165, 1.54) is 54.6 Å². The van der Waals surface area contributed by atoms with Crippen LogP contribution in [0.15, 0.2) is 89.8 Å². The average Bonchev–Trinajstić information content (AvgIpc) is 3.05. The summed E-state index contributed by atoms with van der Waals surface area (Å²) >= 11 is 0. The Morgan fingerprint density at radius 2 is 1.61 bits per heavy atom. The van der Waals surface area contributed by atoms with Gasteiger partial charge in [-0.1, -0.05) is 88.4 Å². The summed E-state index contributed by atoms with van der Waals surface area (Å²) in [6.45, 7) is 9.65. The summed E-state index contributed by atoms with van der Waals surface area (Å²) in [4.78, 5) is 19.0. The molecule has 5 nitrogen and oxygen atoms in total. The van der Waals surface area contributed by atoms with Crippen LogP contribution in [0.4, 0.5) is 5.69 Å². The maximum absolute atomic E-state index is 14.0. The molecule has 232 valence electrons. The van der Waals surface area contributed by atoms with E-state index in [4.69, 9.17) is 4.74 Å². The molecule has 44 heavy (non-hydrogen) atoms. The predicted octanol–water partition coefficient (Wildman–Crippen LogP) is 7.83. The number of Topliss-reactive ketones (excluding diaryl/α,β-unsaturated/α-hetero) is 1. The molecule has 2 aliphatic heterocycles. The minimum atomic E-state index is 0.0194. The van der Waals surface area contributed by atoms with Crippen LogP contribution < -0.4 is 0 Å². The van der Waals surface area contributed by atoms with E-state index >= 15 is 0 Å². The van der Waals surface area contributed by atoms with Gasteiger partial charge in [0.15, 0.2) is 12.0 Å². The van der Waals surface area contributed by atoms with Crippen LogP contribution in [-0.4, -0.2) is 65.7 Å². The third kappa shape index (κ3) is 6.94. The van der Waals surface area contributed by atoms with Crippen molar-refractivity contribution >= 4 is 23.4 Å². The fraction of sp³-hybridized carbons (Fsp3) is 0.487. The molecule has 1 saturated carbocycles. The van der Waals surface area contributed by atoms with Crippen LogP contribution in [0.25, 0.3) is 5.70 Å². The highest BCUT2D eigenvalue weighted by Gasteiger charge is 2.35. The summed E-state index contributed by atoms with van der Waals surface area (Å²) < 4.78 is 8.84. The zero-order chi connectivity index (χ0) is 30.3. The van der Waals surface area contributed by atoms with Crippen LogP contribution in [0.1, 0.15) is 70.8 Å². The van der Waals surface area contributed by atoms with Crippen molar-refractivity contribution in [2.75, 3.05) is 39.3 Å². The van der Waals surface area contributed by atoms with Crippen molar-refractivity contribution < 1.29 is 14.1 Å². The first-order valence-electron chi connectivity index (χ1n) is 17.1. The number of allylic oxidation sites excluding steroid dienone is 3. The molecular formula is C39H50N3O2+. The molecule has 0 bridgehead atoms. The van der Waals surface area contributed by atoms with Crippen LogP contribution in [0.5, 0.6) is 0 Å². The maximum atomic E-state index is 14.0. The number of para-hydroxylation sites is 1. The highest BCUT2D eigenvalue weighted by molar-refractivity contribution is 5.97. The van der Waals surface area contributed by atoms with Crippen LogP contribution >= 0.6 is 0 Å². The first kappa shape index (κ1) is 30.6. The highest BCUT2D eigenvalue weighted by Crippen LogP contribution is 2.34.